The standard InChI is InChI=1S/C23H27F2NO2/c1-27-22-15-20(24)19(14-21(22)25)23(16-26)11-9-18(10-12-23)28-13-5-8-17-6-3-2-4-7-17/h2-8,14-15,18H,9-13,16,26H2,1H3/b8-5+. The molecule has 1 saturated carbocycles. The van der Waals surface area contributed by atoms with Crippen molar-refractivity contribution in [2.45, 2.75) is 37.2 Å². The minimum absolute atomic E-state index is 0.0874. The normalized spacial score (nSPS) is 22.5. The van der Waals surface area contributed by atoms with E-state index in [1.165, 1.54) is 13.2 Å². The Morgan fingerprint density at radius 3 is 2.46 bits per heavy atom. The topological polar surface area (TPSA) is 44.5 Å². The van der Waals surface area contributed by atoms with E-state index in [2.05, 4.69) is 0 Å². The smallest absolute Gasteiger partial charge is 0.165 e. The molecule has 1 aliphatic rings. The zero-order valence-corrected chi connectivity index (χ0v) is 16.2. The van der Waals surface area contributed by atoms with Crippen molar-refractivity contribution in [2.75, 3.05) is 20.3 Å². The van der Waals surface area contributed by atoms with Crippen LogP contribution in [0.2, 0.25) is 0 Å². The Bertz CT molecular complexity index is 800. The highest BCUT2D eigenvalue weighted by Gasteiger charge is 2.38. The molecule has 5 heteroatoms. The largest absolute Gasteiger partial charge is 0.494 e. The minimum atomic E-state index is -0.559. The van der Waals surface area contributed by atoms with Crippen LogP contribution in [0.4, 0.5) is 8.78 Å². The molecule has 0 atom stereocenters. The van der Waals surface area contributed by atoms with Crippen LogP contribution in [0.3, 0.4) is 0 Å². The number of hydrogen-bond acceptors (Lipinski definition) is 3. The summed E-state index contributed by atoms with van der Waals surface area (Å²) in [6.45, 7) is 0.803. The van der Waals surface area contributed by atoms with Gasteiger partial charge >= 0.3 is 0 Å². The first kappa shape index (κ1) is 20.5. The zero-order chi connectivity index (χ0) is 20.0. The summed E-state index contributed by atoms with van der Waals surface area (Å²) in [6, 6.07) is 12.4. The molecule has 3 nitrogen and oxygen atoms in total. The molecule has 2 aromatic rings. The van der Waals surface area contributed by atoms with Crippen LogP contribution < -0.4 is 10.5 Å². The summed E-state index contributed by atoms with van der Waals surface area (Å²) < 4.78 is 39.6. The third-order valence-electron chi connectivity index (χ3n) is 5.63. The van der Waals surface area contributed by atoms with Crippen molar-refractivity contribution >= 4 is 6.08 Å². The average Bonchev–Trinajstić information content (AvgIpc) is 2.74. The van der Waals surface area contributed by atoms with Gasteiger partial charge in [-0.3, -0.25) is 0 Å². The molecule has 2 N–H and O–H groups in total. The van der Waals surface area contributed by atoms with Gasteiger partial charge in [0.1, 0.15) is 5.82 Å². The number of methoxy groups -OCH3 is 1. The van der Waals surface area contributed by atoms with Crippen LogP contribution in [-0.2, 0) is 10.2 Å². The summed E-state index contributed by atoms with van der Waals surface area (Å²) in [4.78, 5) is 0. The molecule has 1 aliphatic carbocycles. The van der Waals surface area contributed by atoms with E-state index in [1.807, 2.05) is 42.5 Å². The first-order chi connectivity index (χ1) is 13.6. The lowest BCUT2D eigenvalue weighted by molar-refractivity contribution is 0.0284. The van der Waals surface area contributed by atoms with Gasteiger partial charge in [0.05, 0.1) is 19.8 Å². The molecule has 0 heterocycles. The summed E-state index contributed by atoms with van der Waals surface area (Å²) >= 11 is 0. The van der Waals surface area contributed by atoms with Gasteiger partial charge in [-0.15, -0.1) is 0 Å². The molecule has 0 saturated heterocycles. The Kier molecular flexibility index (Phi) is 6.81. The highest BCUT2D eigenvalue weighted by Crippen LogP contribution is 2.42. The molecule has 2 aromatic carbocycles. The molecule has 150 valence electrons. The molecule has 1 fully saturated rings. The quantitative estimate of drug-likeness (QED) is 0.739. The summed E-state index contributed by atoms with van der Waals surface area (Å²) in [5, 5.41) is 0. The van der Waals surface area contributed by atoms with Crippen LogP contribution in [0.25, 0.3) is 6.08 Å². The predicted octanol–water partition coefficient (Wildman–Crippen LogP) is 4.84. The zero-order valence-electron chi connectivity index (χ0n) is 16.2. The Morgan fingerprint density at radius 2 is 1.82 bits per heavy atom. The van der Waals surface area contributed by atoms with E-state index in [9.17, 15) is 8.78 Å². The Hall–Kier alpha value is -2.24. The van der Waals surface area contributed by atoms with Gasteiger partial charge < -0.3 is 15.2 Å². The molecule has 0 aliphatic heterocycles. The molecule has 0 bridgehead atoms. The Morgan fingerprint density at radius 1 is 1.11 bits per heavy atom. The summed E-state index contributed by atoms with van der Waals surface area (Å²) in [7, 11) is 1.32. The molecular weight excluding hydrogens is 360 g/mol. The van der Waals surface area contributed by atoms with E-state index >= 15 is 0 Å². The molecule has 0 aromatic heterocycles. The van der Waals surface area contributed by atoms with Crippen LogP contribution in [-0.4, -0.2) is 26.4 Å². The summed E-state index contributed by atoms with van der Waals surface area (Å²) in [5.74, 6) is -1.11. The lowest BCUT2D eigenvalue weighted by Gasteiger charge is -2.40. The lowest BCUT2D eigenvalue weighted by Crippen LogP contribution is -2.41. The van der Waals surface area contributed by atoms with E-state index < -0.39 is 17.0 Å². The Balaban J connectivity index is 1.59. The number of halogens is 2. The lowest BCUT2D eigenvalue weighted by atomic mass is 9.68. The van der Waals surface area contributed by atoms with Crippen molar-refractivity contribution in [3.05, 3.63) is 71.3 Å². The maximum atomic E-state index is 14.6. The average molecular weight is 387 g/mol. The first-order valence-electron chi connectivity index (χ1n) is 9.65. The van der Waals surface area contributed by atoms with Gasteiger partial charge in [0.15, 0.2) is 11.6 Å². The van der Waals surface area contributed by atoms with Crippen molar-refractivity contribution in [2.24, 2.45) is 5.73 Å². The first-order valence-corrected chi connectivity index (χ1v) is 9.65. The number of ether oxygens (including phenoxy) is 2. The highest BCUT2D eigenvalue weighted by atomic mass is 19.1. The SMILES string of the molecule is COc1cc(F)c(C2(CN)CCC(OC/C=C/c3ccccc3)CC2)cc1F. The molecule has 0 unspecified atom stereocenters. The third kappa shape index (κ3) is 4.59. The maximum absolute atomic E-state index is 14.6. The molecule has 0 amide bonds. The third-order valence-corrected chi connectivity index (χ3v) is 5.63. The van der Waals surface area contributed by atoms with E-state index in [1.54, 1.807) is 0 Å². The summed E-state index contributed by atoms with van der Waals surface area (Å²) in [6.07, 6.45) is 7.00. The second-order valence-corrected chi connectivity index (χ2v) is 7.30. The number of hydrogen-bond donors (Lipinski definition) is 1. The van der Waals surface area contributed by atoms with Crippen molar-refractivity contribution in [1.82, 2.24) is 0 Å². The molecular formula is C23H27F2NO2. The van der Waals surface area contributed by atoms with Crippen LogP contribution in [0.1, 0.15) is 36.8 Å². The van der Waals surface area contributed by atoms with Crippen LogP contribution >= 0.6 is 0 Å². The fourth-order valence-electron chi connectivity index (χ4n) is 3.93. The molecule has 0 radical (unpaired) electrons. The van der Waals surface area contributed by atoms with E-state index in [-0.39, 0.29) is 18.4 Å². The molecule has 3 rings (SSSR count). The van der Waals surface area contributed by atoms with E-state index in [4.69, 9.17) is 15.2 Å². The van der Waals surface area contributed by atoms with E-state index in [0.717, 1.165) is 24.5 Å². The number of nitrogens with two attached hydrogens (primary N) is 1. The fourth-order valence-corrected chi connectivity index (χ4v) is 3.93. The van der Waals surface area contributed by atoms with Gasteiger partial charge in [-0.05, 0) is 42.9 Å². The number of benzene rings is 2. The fraction of sp³-hybridized carbons (Fsp3) is 0.391. The van der Waals surface area contributed by atoms with Gasteiger partial charge in [0, 0.05) is 18.0 Å². The van der Waals surface area contributed by atoms with E-state index in [0.29, 0.717) is 25.0 Å². The van der Waals surface area contributed by atoms with Gasteiger partial charge in [0.25, 0.3) is 0 Å². The second-order valence-electron chi connectivity index (χ2n) is 7.30. The van der Waals surface area contributed by atoms with Gasteiger partial charge in [-0.25, -0.2) is 8.78 Å². The molecule has 28 heavy (non-hydrogen) atoms. The monoisotopic (exact) mass is 387 g/mol. The number of rotatable bonds is 7. The second kappa shape index (κ2) is 9.30. The summed E-state index contributed by atoms with van der Waals surface area (Å²) in [5.41, 5.74) is 6.94. The maximum Gasteiger partial charge on any atom is 0.165 e. The van der Waals surface area contributed by atoms with Crippen molar-refractivity contribution < 1.29 is 18.3 Å². The minimum Gasteiger partial charge on any atom is -0.494 e. The van der Waals surface area contributed by atoms with Gasteiger partial charge in [0.2, 0.25) is 0 Å². The molecule has 0 spiro atoms. The Labute approximate surface area is 165 Å². The van der Waals surface area contributed by atoms with Crippen LogP contribution in [0, 0.1) is 11.6 Å². The van der Waals surface area contributed by atoms with Crippen molar-refractivity contribution in [3.63, 3.8) is 0 Å². The van der Waals surface area contributed by atoms with Crippen LogP contribution in [0.15, 0.2) is 48.5 Å². The van der Waals surface area contributed by atoms with Gasteiger partial charge in [-0.1, -0.05) is 42.5 Å². The predicted molar refractivity (Wildman–Crippen MR) is 107 cm³/mol. The van der Waals surface area contributed by atoms with Crippen molar-refractivity contribution in [3.8, 4) is 5.75 Å². The van der Waals surface area contributed by atoms with Crippen molar-refractivity contribution in [1.29, 1.82) is 0 Å². The highest BCUT2D eigenvalue weighted by molar-refractivity contribution is 5.48. The van der Waals surface area contributed by atoms with Crippen LogP contribution in [0.5, 0.6) is 5.75 Å². The van der Waals surface area contributed by atoms with Gasteiger partial charge in [-0.2, -0.15) is 0 Å².